The molecule has 0 nitrogen and oxygen atoms in total. The summed E-state index contributed by atoms with van der Waals surface area (Å²) in [6.45, 7) is 2.30. The summed E-state index contributed by atoms with van der Waals surface area (Å²) >= 11 is 1.98. The fourth-order valence-electron chi connectivity index (χ4n) is 4.25. The fourth-order valence-corrected chi connectivity index (χ4v) is 4.89. The Bertz CT molecular complexity index is 225. The molecule has 0 rings (SSSR count). The van der Waals surface area contributed by atoms with Gasteiger partial charge >= 0.3 is 98.0 Å². The van der Waals surface area contributed by atoms with Crippen molar-refractivity contribution in [3.8, 4) is 0 Å². The van der Waals surface area contributed by atoms with Gasteiger partial charge < -0.3 is 0 Å². The average Bonchev–Trinajstić information content (AvgIpc) is 2.71. The average molecular weight is 501 g/mol. The molecule has 0 aromatic heterocycles. The molecule has 0 aliphatic carbocycles. The van der Waals surface area contributed by atoms with Crippen molar-refractivity contribution in [1.82, 2.24) is 0 Å². The molecular weight excluding hydrogens is 446 g/mol. The molecule has 0 fully saturated rings. The number of hydrogen-bond acceptors (Lipinski definition) is 0. The van der Waals surface area contributed by atoms with Crippen molar-refractivity contribution < 1.29 is 0 Å². The van der Waals surface area contributed by atoms with Gasteiger partial charge in [-0.05, 0) is 0 Å². The molecule has 0 aromatic carbocycles. The molecule has 0 saturated heterocycles. The third-order valence-electron chi connectivity index (χ3n) is 6.26. The third kappa shape index (κ3) is 26.8. The fraction of sp³-hybridized carbons (Fsp3) is 1.00. The first-order valence-corrected chi connectivity index (χ1v) is 15.3. The van der Waals surface area contributed by atoms with Crippen LogP contribution >= 0.6 is 0 Å². The van der Waals surface area contributed by atoms with E-state index in [-0.39, 0.29) is 0 Å². The van der Waals surface area contributed by atoms with Crippen LogP contribution in [0.3, 0.4) is 0 Å². The van der Waals surface area contributed by atoms with Crippen molar-refractivity contribution in [2.75, 3.05) is 0 Å². The Labute approximate surface area is 194 Å². The summed E-state index contributed by atoms with van der Waals surface area (Å²) < 4.78 is 1.42. The van der Waals surface area contributed by atoms with Crippen molar-refractivity contribution in [2.45, 2.75) is 172 Å². The second kappa shape index (κ2) is 27.8. The molecule has 0 aliphatic rings. The quantitative estimate of drug-likeness (QED) is 0.0862. The van der Waals surface area contributed by atoms with Gasteiger partial charge in [0.25, 0.3) is 0 Å². The van der Waals surface area contributed by atoms with E-state index in [2.05, 4.69) is 6.92 Å². The van der Waals surface area contributed by atoms with Gasteiger partial charge in [-0.2, -0.15) is 0 Å². The molecule has 0 aromatic rings. The predicted octanol–water partition coefficient (Wildman–Crippen LogP) is 10.3. The molecule has 2 radical (unpaired) electrons. The van der Waals surface area contributed by atoms with Gasteiger partial charge in [-0.1, -0.05) is 96.8 Å². The Balaban J connectivity index is 2.96. The maximum absolute atomic E-state index is 2.30. The maximum atomic E-state index is 2.30. The molecule has 0 atom stereocenters. The van der Waals surface area contributed by atoms with Crippen LogP contribution in [0.15, 0.2) is 0 Å². The number of unbranched alkanes of at least 4 members (excludes halogenated alkanes) is 24. The van der Waals surface area contributed by atoms with E-state index in [0.29, 0.717) is 0 Å². The minimum absolute atomic E-state index is 1.37. The molecule has 168 valence electrons. The van der Waals surface area contributed by atoms with Gasteiger partial charge in [0.2, 0.25) is 0 Å². The SMILES string of the molecule is CCCCCCCCCCCCCCCCCCCCCCCCCC[CH2][Sb]. The normalized spacial score (nSPS) is 11.4. The Hall–Kier alpha value is 0.818. The number of rotatable bonds is 25. The summed E-state index contributed by atoms with van der Waals surface area (Å²) in [5.41, 5.74) is 0. The molecule has 0 spiro atoms. The summed E-state index contributed by atoms with van der Waals surface area (Å²) in [5.74, 6) is 0. The van der Waals surface area contributed by atoms with E-state index >= 15 is 0 Å². The van der Waals surface area contributed by atoms with Gasteiger partial charge in [0.1, 0.15) is 0 Å². The summed E-state index contributed by atoms with van der Waals surface area (Å²) in [6, 6.07) is 0. The van der Waals surface area contributed by atoms with E-state index in [4.69, 9.17) is 0 Å². The second-order valence-corrected chi connectivity index (χ2v) is 10.5. The monoisotopic (exact) mass is 500 g/mol. The van der Waals surface area contributed by atoms with Crippen LogP contribution in [0, 0.1) is 0 Å². The predicted molar refractivity (Wildman–Crippen MR) is 132 cm³/mol. The van der Waals surface area contributed by atoms with Crippen LogP contribution in [0.4, 0.5) is 0 Å². The van der Waals surface area contributed by atoms with Crippen LogP contribution in [0.5, 0.6) is 0 Å². The third-order valence-corrected chi connectivity index (χ3v) is 7.16. The van der Waals surface area contributed by atoms with E-state index in [1.54, 1.807) is 0 Å². The van der Waals surface area contributed by atoms with Crippen LogP contribution in [-0.2, 0) is 0 Å². The second-order valence-electron chi connectivity index (χ2n) is 9.21. The summed E-state index contributed by atoms with van der Waals surface area (Å²) in [7, 11) is 0. The summed E-state index contributed by atoms with van der Waals surface area (Å²) in [5, 5.41) is 0. The molecule has 0 bridgehead atoms. The minimum atomic E-state index is 1.37. The molecule has 0 amide bonds. The first kappa shape index (κ1) is 28.8. The van der Waals surface area contributed by atoms with E-state index in [0.717, 1.165) is 0 Å². The van der Waals surface area contributed by atoms with E-state index in [1.807, 2.05) is 23.0 Å². The van der Waals surface area contributed by atoms with Gasteiger partial charge in [-0.15, -0.1) is 0 Å². The number of hydrogen-bond donors (Lipinski definition) is 0. The molecule has 0 unspecified atom stereocenters. The van der Waals surface area contributed by atoms with Crippen LogP contribution < -0.4 is 0 Å². The van der Waals surface area contributed by atoms with Gasteiger partial charge in [0, 0.05) is 0 Å². The Morgan fingerprint density at radius 2 is 0.464 bits per heavy atom. The Kier molecular flexibility index (Phi) is 28.6. The summed E-state index contributed by atoms with van der Waals surface area (Å²) in [4.78, 5) is 0. The zero-order valence-electron chi connectivity index (χ0n) is 19.8. The zero-order chi connectivity index (χ0) is 20.4. The first-order chi connectivity index (χ1) is 13.9. The Morgan fingerprint density at radius 3 is 0.643 bits per heavy atom. The van der Waals surface area contributed by atoms with Crippen molar-refractivity contribution in [2.24, 2.45) is 0 Å². The van der Waals surface area contributed by atoms with Crippen LogP contribution in [0.25, 0.3) is 0 Å². The van der Waals surface area contributed by atoms with Crippen LogP contribution in [0.1, 0.15) is 167 Å². The molecule has 0 N–H and O–H groups in total. The van der Waals surface area contributed by atoms with E-state index in [9.17, 15) is 0 Å². The molecule has 0 heterocycles. The van der Waals surface area contributed by atoms with Crippen molar-refractivity contribution in [3.05, 3.63) is 0 Å². The summed E-state index contributed by atoms with van der Waals surface area (Å²) in [6.07, 6.45) is 37.1. The van der Waals surface area contributed by atoms with Crippen molar-refractivity contribution in [3.63, 3.8) is 0 Å². The van der Waals surface area contributed by atoms with E-state index < -0.39 is 0 Å². The molecule has 0 saturated carbocycles. The van der Waals surface area contributed by atoms with Crippen LogP contribution in [0.2, 0.25) is 4.37 Å². The van der Waals surface area contributed by atoms with Gasteiger partial charge in [0.05, 0.1) is 0 Å². The van der Waals surface area contributed by atoms with Gasteiger partial charge in [0.15, 0.2) is 0 Å². The molecule has 0 aliphatic heterocycles. The first-order valence-electron chi connectivity index (χ1n) is 13.5. The van der Waals surface area contributed by atoms with Crippen LogP contribution in [-0.4, -0.2) is 23.0 Å². The van der Waals surface area contributed by atoms with Gasteiger partial charge in [-0.25, -0.2) is 0 Å². The topological polar surface area (TPSA) is 0 Å². The molecule has 1 heteroatoms. The zero-order valence-corrected chi connectivity index (χ0v) is 22.4. The Morgan fingerprint density at radius 1 is 0.286 bits per heavy atom. The van der Waals surface area contributed by atoms with Crippen molar-refractivity contribution in [1.29, 1.82) is 0 Å². The van der Waals surface area contributed by atoms with E-state index in [1.165, 1.54) is 165 Å². The standard InChI is InChI=1S/C27H55.Sb/c1-3-5-7-9-11-13-15-17-19-21-23-25-27-26-24-22-20-18-16-14-12-10-8-6-4-2;/h1,3-27H2,2H3;. The van der Waals surface area contributed by atoms with Crippen molar-refractivity contribution >= 4 is 23.0 Å². The molecule has 28 heavy (non-hydrogen) atoms. The molecular formula is C27H55Sb. The van der Waals surface area contributed by atoms with Gasteiger partial charge in [-0.3, -0.25) is 0 Å².